The van der Waals surface area contributed by atoms with Gasteiger partial charge in [-0.1, -0.05) is 0 Å². The van der Waals surface area contributed by atoms with Crippen molar-refractivity contribution in [3.8, 4) is 0 Å². The molecule has 2 atom stereocenters. The Labute approximate surface area is 115 Å². The van der Waals surface area contributed by atoms with E-state index in [1.54, 1.807) is 0 Å². The Morgan fingerprint density at radius 3 is 2.42 bits per heavy atom. The quantitative estimate of drug-likeness (QED) is 0.810. The second kappa shape index (κ2) is 5.34. The van der Waals surface area contributed by atoms with Crippen LogP contribution in [0.25, 0.3) is 0 Å². The van der Waals surface area contributed by atoms with Gasteiger partial charge in [-0.3, -0.25) is 0 Å². The Morgan fingerprint density at radius 1 is 1.26 bits per heavy atom. The van der Waals surface area contributed by atoms with Gasteiger partial charge in [-0.25, -0.2) is 17.6 Å². The van der Waals surface area contributed by atoms with Crippen LogP contribution in [0.3, 0.4) is 0 Å². The number of halogens is 2. The molecule has 19 heavy (non-hydrogen) atoms. The van der Waals surface area contributed by atoms with Crippen LogP contribution in [-0.4, -0.2) is 37.4 Å². The Balaban J connectivity index is 1.93. The molecule has 0 saturated carbocycles. The van der Waals surface area contributed by atoms with Gasteiger partial charge < -0.3 is 10.6 Å². The van der Waals surface area contributed by atoms with Crippen LogP contribution in [0.2, 0.25) is 0 Å². The van der Waals surface area contributed by atoms with Crippen LogP contribution in [0.15, 0.2) is 24.3 Å². The number of rotatable bonds is 2. The average molecular weight is 307 g/mol. The van der Waals surface area contributed by atoms with Crippen molar-refractivity contribution in [2.24, 2.45) is 0 Å². The number of alkyl halides is 1. The van der Waals surface area contributed by atoms with Crippen molar-refractivity contribution < 1.29 is 17.6 Å². The molecule has 0 bridgehead atoms. The van der Waals surface area contributed by atoms with E-state index in [2.05, 4.69) is 10.6 Å². The third-order valence-electron chi connectivity index (χ3n) is 2.70. The molecule has 1 aromatic rings. The molecule has 0 radical (unpaired) electrons. The summed E-state index contributed by atoms with van der Waals surface area (Å²) in [6.45, 7) is 0. The molecule has 0 aromatic heterocycles. The predicted octanol–water partition coefficient (Wildman–Crippen LogP) is 1.35. The Bertz CT molecular complexity index is 576. The van der Waals surface area contributed by atoms with Crippen LogP contribution in [0.1, 0.15) is 0 Å². The molecule has 1 aliphatic heterocycles. The minimum absolute atomic E-state index is 0.143. The molecule has 2 N–H and O–H groups in total. The zero-order chi connectivity index (χ0) is 14.0. The van der Waals surface area contributed by atoms with E-state index in [1.807, 2.05) is 0 Å². The number of nitrogens with one attached hydrogen (secondary N) is 2. The van der Waals surface area contributed by atoms with Crippen LogP contribution in [0.5, 0.6) is 0 Å². The molecule has 1 fully saturated rings. The maximum absolute atomic E-state index is 12.7. The van der Waals surface area contributed by atoms with E-state index in [0.29, 0.717) is 5.69 Å². The van der Waals surface area contributed by atoms with Crippen LogP contribution >= 0.6 is 11.6 Å². The van der Waals surface area contributed by atoms with E-state index in [0.717, 1.165) is 0 Å². The third-order valence-corrected chi connectivity index (χ3v) is 5.08. The lowest BCUT2D eigenvalue weighted by Gasteiger charge is -2.15. The van der Waals surface area contributed by atoms with Crippen molar-refractivity contribution in [1.82, 2.24) is 5.32 Å². The highest BCUT2D eigenvalue weighted by atomic mass is 35.5. The summed E-state index contributed by atoms with van der Waals surface area (Å²) in [4.78, 5) is 11.6. The van der Waals surface area contributed by atoms with Gasteiger partial charge in [0.25, 0.3) is 0 Å². The van der Waals surface area contributed by atoms with Crippen molar-refractivity contribution >= 4 is 33.2 Å². The lowest BCUT2D eigenvalue weighted by molar-refractivity contribution is 0.249. The topological polar surface area (TPSA) is 75.3 Å². The zero-order valence-corrected chi connectivity index (χ0v) is 11.3. The van der Waals surface area contributed by atoms with Gasteiger partial charge in [0.2, 0.25) is 0 Å². The minimum atomic E-state index is -3.19. The number of sulfone groups is 1. The number of benzene rings is 1. The highest BCUT2D eigenvalue weighted by Gasteiger charge is 2.37. The number of carbonyl (C=O) groups excluding carboxylic acids is 1. The van der Waals surface area contributed by atoms with Crippen molar-refractivity contribution in [3.05, 3.63) is 30.1 Å². The molecule has 5 nitrogen and oxygen atoms in total. The van der Waals surface area contributed by atoms with Gasteiger partial charge >= 0.3 is 6.03 Å². The number of carbonyl (C=O) groups is 1. The number of anilines is 1. The lowest BCUT2D eigenvalue weighted by atomic mass is 10.2. The molecular weight excluding hydrogens is 295 g/mol. The molecule has 2 amide bonds. The summed E-state index contributed by atoms with van der Waals surface area (Å²) in [6, 6.07) is 4.03. The summed E-state index contributed by atoms with van der Waals surface area (Å²) in [5, 5.41) is 4.33. The van der Waals surface area contributed by atoms with E-state index in [9.17, 15) is 17.6 Å². The molecule has 0 unspecified atom stereocenters. The fourth-order valence-electron chi connectivity index (χ4n) is 1.81. The lowest BCUT2D eigenvalue weighted by Crippen LogP contribution is -2.42. The van der Waals surface area contributed by atoms with E-state index in [1.165, 1.54) is 24.3 Å². The van der Waals surface area contributed by atoms with Crippen LogP contribution < -0.4 is 10.6 Å². The van der Waals surface area contributed by atoms with E-state index < -0.39 is 33.1 Å². The molecule has 0 spiro atoms. The molecule has 1 heterocycles. The zero-order valence-electron chi connectivity index (χ0n) is 9.77. The maximum Gasteiger partial charge on any atom is 0.319 e. The summed E-state index contributed by atoms with van der Waals surface area (Å²) >= 11 is 5.86. The molecule has 104 valence electrons. The van der Waals surface area contributed by atoms with Gasteiger partial charge in [0.05, 0.1) is 22.9 Å². The SMILES string of the molecule is O=C(Nc1ccc(F)cc1)N[C@@H]1CS(=O)(=O)C[C@@H]1Cl. The van der Waals surface area contributed by atoms with E-state index in [4.69, 9.17) is 11.6 Å². The van der Waals surface area contributed by atoms with Gasteiger partial charge in [-0.05, 0) is 24.3 Å². The summed E-state index contributed by atoms with van der Waals surface area (Å²) < 4.78 is 35.3. The fourth-order valence-corrected chi connectivity index (χ4v) is 4.36. The minimum Gasteiger partial charge on any atom is -0.333 e. The maximum atomic E-state index is 12.7. The molecule has 0 aliphatic carbocycles. The summed E-state index contributed by atoms with van der Waals surface area (Å²) in [5.41, 5.74) is 0.408. The van der Waals surface area contributed by atoms with Crippen molar-refractivity contribution in [3.63, 3.8) is 0 Å². The first-order valence-electron chi connectivity index (χ1n) is 5.53. The Kier molecular flexibility index (Phi) is 3.96. The third kappa shape index (κ3) is 3.81. The molecule has 2 rings (SSSR count). The van der Waals surface area contributed by atoms with Gasteiger partial charge in [0.1, 0.15) is 5.82 Å². The summed E-state index contributed by atoms with van der Waals surface area (Å²) in [6.07, 6.45) is 0. The molecule has 8 heteroatoms. The molecular formula is C11H12ClFN2O3S. The highest BCUT2D eigenvalue weighted by molar-refractivity contribution is 7.91. The molecule has 1 aliphatic rings. The van der Waals surface area contributed by atoms with E-state index in [-0.39, 0.29) is 11.5 Å². The van der Waals surface area contributed by atoms with Crippen molar-refractivity contribution in [2.75, 3.05) is 16.8 Å². The predicted molar refractivity (Wildman–Crippen MR) is 70.6 cm³/mol. The standard InChI is InChI=1S/C11H12ClFN2O3S/c12-9-5-19(17,18)6-10(9)15-11(16)14-8-3-1-7(13)2-4-8/h1-4,9-10H,5-6H2,(H2,14,15,16)/t9-,10+/m0/s1. The van der Waals surface area contributed by atoms with Crippen LogP contribution in [0.4, 0.5) is 14.9 Å². The fraction of sp³-hybridized carbons (Fsp3) is 0.364. The van der Waals surface area contributed by atoms with Crippen LogP contribution in [0, 0.1) is 5.82 Å². The van der Waals surface area contributed by atoms with Gasteiger partial charge in [-0.15, -0.1) is 11.6 Å². The molecule has 1 aromatic carbocycles. The van der Waals surface area contributed by atoms with Crippen molar-refractivity contribution in [1.29, 1.82) is 0 Å². The number of hydrogen-bond acceptors (Lipinski definition) is 3. The molecule has 1 saturated heterocycles. The highest BCUT2D eigenvalue weighted by Crippen LogP contribution is 2.18. The first-order chi connectivity index (χ1) is 8.85. The smallest absolute Gasteiger partial charge is 0.319 e. The second-order valence-electron chi connectivity index (χ2n) is 4.30. The van der Waals surface area contributed by atoms with Crippen LogP contribution in [-0.2, 0) is 9.84 Å². The second-order valence-corrected chi connectivity index (χ2v) is 7.02. The number of amides is 2. The largest absolute Gasteiger partial charge is 0.333 e. The number of urea groups is 1. The first-order valence-corrected chi connectivity index (χ1v) is 7.79. The monoisotopic (exact) mass is 306 g/mol. The Morgan fingerprint density at radius 2 is 1.89 bits per heavy atom. The van der Waals surface area contributed by atoms with Gasteiger partial charge in [0, 0.05) is 5.69 Å². The normalized spacial score (nSPS) is 24.9. The first kappa shape index (κ1) is 14.1. The van der Waals surface area contributed by atoms with Crippen molar-refractivity contribution in [2.45, 2.75) is 11.4 Å². The van der Waals surface area contributed by atoms with Gasteiger partial charge in [-0.2, -0.15) is 0 Å². The Hall–Kier alpha value is -1.34. The summed E-state index contributed by atoms with van der Waals surface area (Å²) in [7, 11) is -3.19. The van der Waals surface area contributed by atoms with E-state index >= 15 is 0 Å². The summed E-state index contributed by atoms with van der Waals surface area (Å²) in [5.74, 6) is -0.720. The number of hydrogen-bond donors (Lipinski definition) is 2. The van der Waals surface area contributed by atoms with Gasteiger partial charge in [0.15, 0.2) is 9.84 Å². The average Bonchev–Trinajstić information content (AvgIpc) is 2.55.